The Morgan fingerprint density at radius 1 is 1.53 bits per heavy atom. The molecule has 0 aliphatic rings. The van der Waals surface area contributed by atoms with Gasteiger partial charge < -0.3 is 9.94 Å². The zero-order valence-electron chi connectivity index (χ0n) is 9.10. The summed E-state index contributed by atoms with van der Waals surface area (Å²) in [6, 6.07) is 5.77. The highest BCUT2D eigenvalue weighted by Gasteiger charge is 2.01. The molecule has 4 heteroatoms. The van der Waals surface area contributed by atoms with E-state index in [-0.39, 0.29) is 6.61 Å². The molecule has 1 heterocycles. The average Bonchev–Trinajstić information content (AvgIpc) is 2.27. The molecule has 0 bridgehead atoms. The number of hydrogen-bond donors (Lipinski definition) is 1. The maximum atomic E-state index is 8.72. The van der Waals surface area contributed by atoms with Crippen LogP contribution in [0.1, 0.15) is 24.7 Å². The number of oxime groups is 1. The summed E-state index contributed by atoms with van der Waals surface area (Å²) >= 11 is 0. The van der Waals surface area contributed by atoms with Crippen LogP contribution < -0.4 is 0 Å². The Morgan fingerprint density at radius 2 is 2.33 bits per heavy atom. The van der Waals surface area contributed by atoms with Crippen LogP contribution in [-0.2, 0) is 11.3 Å². The largest absolute Gasteiger partial charge is 0.399 e. The number of rotatable bonds is 5. The lowest BCUT2D eigenvalue weighted by Crippen LogP contribution is -2.02. The van der Waals surface area contributed by atoms with Crippen molar-refractivity contribution in [3.8, 4) is 0 Å². The van der Waals surface area contributed by atoms with E-state index in [4.69, 9.17) is 5.11 Å². The van der Waals surface area contributed by atoms with Crippen molar-refractivity contribution in [3.05, 3.63) is 29.6 Å². The fraction of sp³-hybridized carbons (Fsp3) is 0.455. The molecular formula is C11H16N2O2. The number of aliphatic hydroxyl groups is 1. The SMILES string of the molecule is CO/N=C(\C)c1cccc(CCCO)n1. The highest BCUT2D eigenvalue weighted by Crippen LogP contribution is 2.03. The molecule has 0 aromatic carbocycles. The molecule has 1 rings (SSSR count). The summed E-state index contributed by atoms with van der Waals surface area (Å²) in [7, 11) is 1.51. The monoisotopic (exact) mass is 208 g/mol. The van der Waals surface area contributed by atoms with Crippen molar-refractivity contribution in [2.24, 2.45) is 5.16 Å². The predicted octanol–water partition coefficient (Wildman–Crippen LogP) is 1.38. The van der Waals surface area contributed by atoms with Crippen molar-refractivity contribution in [2.45, 2.75) is 19.8 Å². The summed E-state index contributed by atoms with van der Waals surface area (Å²) in [5.41, 5.74) is 2.53. The topological polar surface area (TPSA) is 54.7 Å². The number of aromatic nitrogens is 1. The smallest absolute Gasteiger partial charge is 0.106 e. The molecule has 82 valence electrons. The third-order valence-electron chi connectivity index (χ3n) is 2.00. The van der Waals surface area contributed by atoms with Crippen molar-refractivity contribution >= 4 is 5.71 Å². The van der Waals surface area contributed by atoms with Crippen LogP contribution in [0.3, 0.4) is 0 Å². The zero-order chi connectivity index (χ0) is 11.1. The summed E-state index contributed by atoms with van der Waals surface area (Å²) in [5, 5.41) is 12.5. The number of pyridine rings is 1. The Labute approximate surface area is 89.6 Å². The minimum Gasteiger partial charge on any atom is -0.399 e. The molecule has 1 N–H and O–H groups in total. The lowest BCUT2D eigenvalue weighted by atomic mass is 10.2. The first-order valence-corrected chi connectivity index (χ1v) is 4.93. The minimum absolute atomic E-state index is 0.192. The standard InChI is InChI=1S/C11H16N2O2/c1-9(13-15-2)11-7-3-5-10(12-11)6-4-8-14/h3,5,7,14H,4,6,8H2,1-2H3/b13-9+. The summed E-state index contributed by atoms with van der Waals surface area (Å²) < 4.78 is 0. The highest BCUT2D eigenvalue weighted by atomic mass is 16.6. The first kappa shape index (κ1) is 11.7. The van der Waals surface area contributed by atoms with E-state index >= 15 is 0 Å². The van der Waals surface area contributed by atoms with E-state index in [9.17, 15) is 0 Å². The Hall–Kier alpha value is -1.42. The fourth-order valence-corrected chi connectivity index (χ4v) is 1.26. The Kier molecular flexibility index (Phi) is 4.77. The number of aryl methyl sites for hydroxylation is 1. The molecule has 4 nitrogen and oxygen atoms in total. The molecule has 0 aliphatic carbocycles. The number of nitrogens with zero attached hydrogens (tertiary/aromatic N) is 2. The quantitative estimate of drug-likeness (QED) is 0.587. The van der Waals surface area contributed by atoms with Crippen molar-refractivity contribution in [3.63, 3.8) is 0 Å². The maximum Gasteiger partial charge on any atom is 0.106 e. The summed E-state index contributed by atoms with van der Waals surface area (Å²) in [6.45, 7) is 2.04. The lowest BCUT2D eigenvalue weighted by molar-refractivity contribution is 0.213. The number of aliphatic hydroxyl groups excluding tert-OH is 1. The molecule has 0 aliphatic heterocycles. The molecule has 0 fully saturated rings. The van der Waals surface area contributed by atoms with Gasteiger partial charge in [-0.3, -0.25) is 4.98 Å². The van der Waals surface area contributed by atoms with Gasteiger partial charge >= 0.3 is 0 Å². The van der Waals surface area contributed by atoms with Gasteiger partial charge in [0.15, 0.2) is 0 Å². The van der Waals surface area contributed by atoms with E-state index in [2.05, 4.69) is 15.0 Å². The van der Waals surface area contributed by atoms with Gasteiger partial charge in [0, 0.05) is 12.3 Å². The van der Waals surface area contributed by atoms with Gasteiger partial charge in [-0.05, 0) is 31.9 Å². The summed E-state index contributed by atoms with van der Waals surface area (Å²) in [5.74, 6) is 0. The maximum absolute atomic E-state index is 8.72. The highest BCUT2D eigenvalue weighted by molar-refractivity contribution is 5.96. The zero-order valence-corrected chi connectivity index (χ0v) is 9.10. The minimum atomic E-state index is 0.192. The van der Waals surface area contributed by atoms with Crippen LogP contribution in [-0.4, -0.2) is 29.5 Å². The van der Waals surface area contributed by atoms with E-state index in [1.807, 2.05) is 25.1 Å². The Bertz CT molecular complexity index is 337. The Balaban J connectivity index is 2.78. The second-order valence-electron chi connectivity index (χ2n) is 3.20. The molecule has 0 atom stereocenters. The van der Waals surface area contributed by atoms with E-state index < -0.39 is 0 Å². The van der Waals surface area contributed by atoms with Crippen molar-refractivity contribution in [1.29, 1.82) is 0 Å². The van der Waals surface area contributed by atoms with Crippen LogP contribution in [0.5, 0.6) is 0 Å². The number of hydrogen-bond acceptors (Lipinski definition) is 4. The first-order valence-electron chi connectivity index (χ1n) is 4.93. The van der Waals surface area contributed by atoms with Gasteiger partial charge in [0.05, 0.1) is 5.69 Å². The van der Waals surface area contributed by atoms with Gasteiger partial charge in [-0.2, -0.15) is 0 Å². The van der Waals surface area contributed by atoms with Crippen molar-refractivity contribution in [1.82, 2.24) is 4.98 Å². The third-order valence-corrected chi connectivity index (χ3v) is 2.00. The van der Waals surface area contributed by atoms with Crippen LogP contribution in [0.15, 0.2) is 23.4 Å². The van der Waals surface area contributed by atoms with Gasteiger partial charge in [-0.15, -0.1) is 0 Å². The van der Waals surface area contributed by atoms with E-state index in [1.54, 1.807) is 0 Å². The van der Waals surface area contributed by atoms with E-state index in [0.29, 0.717) is 0 Å². The summed E-state index contributed by atoms with van der Waals surface area (Å²) in [4.78, 5) is 9.09. The van der Waals surface area contributed by atoms with Crippen LogP contribution in [0.4, 0.5) is 0 Å². The molecule has 1 aromatic heterocycles. The second kappa shape index (κ2) is 6.14. The molecule has 15 heavy (non-hydrogen) atoms. The van der Waals surface area contributed by atoms with Crippen molar-refractivity contribution < 1.29 is 9.94 Å². The van der Waals surface area contributed by atoms with E-state index in [0.717, 1.165) is 29.9 Å². The second-order valence-corrected chi connectivity index (χ2v) is 3.20. The lowest BCUT2D eigenvalue weighted by Gasteiger charge is -2.02. The summed E-state index contributed by atoms with van der Waals surface area (Å²) in [6.07, 6.45) is 1.52. The molecule has 0 unspecified atom stereocenters. The average molecular weight is 208 g/mol. The van der Waals surface area contributed by atoms with Crippen LogP contribution in [0.25, 0.3) is 0 Å². The molecule has 0 saturated carbocycles. The van der Waals surface area contributed by atoms with Crippen molar-refractivity contribution in [2.75, 3.05) is 13.7 Å². The van der Waals surface area contributed by atoms with Gasteiger partial charge in [0.2, 0.25) is 0 Å². The van der Waals surface area contributed by atoms with Crippen LogP contribution >= 0.6 is 0 Å². The van der Waals surface area contributed by atoms with E-state index in [1.165, 1.54) is 7.11 Å². The van der Waals surface area contributed by atoms with Gasteiger partial charge in [0.1, 0.15) is 12.8 Å². The molecule has 0 spiro atoms. The van der Waals surface area contributed by atoms with Gasteiger partial charge in [-0.25, -0.2) is 0 Å². The normalized spacial score (nSPS) is 11.5. The third kappa shape index (κ3) is 3.67. The predicted molar refractivity (Wildman–Crippen MR) is 58.9 cm³/mol. The molecule has 0 saturated heterocycles. The molecule has 1 aromatic rings. The molecular weight excluding hydrogens is 192 g/mol. The first-order chi connectivity index (χ1) is 7.27. The molecule has 0 amide bonds. The van der Waals surface area contributed by atoms with Crippen LogP contribution in [0, 0.1) is 0 Å². The molecule has 0 radical (unpaired) electrons. The van der Waals surface area contributed by atoms with Gasteiger partial charge in [0.25, 0.3) is 0 Å². The Morgan fingerprint density at radius 3 is 3.00 bits per heavy atom. The van der Waals surface area contributed by atoms with Crippen LogP contribution in [0.2, 0.25) is 0 Å². The van der Waals surface area contributed by atoms with Gasteiger partial charge in [-0.1, -0.05) is 11.2 Å². The fourth-order valence-electron chi connectivity index (χ4n) is 1.26.